The minimum absolute atomic E-state index is 0.573. The predicted molar refractivity (Wildman–Crippen MR) is 59.6 cm³/mol. The zero-order valence-electron chi connectivity index (χ0n) is 10.1. The second kappa shape index (κ2) is 4.08. The Labute approximate surface area is 102 Å². The largest absolute Gasteiger partial charge is 0.196 e. The summed E-state index contributed by atoms with van der Waals surface area (Å²) >= 11 is 0. The molecule has 0 heterocycles. The smallest absolute Gasteiger partial charge is 0.184 e. The summed E-state index contributed by atoms with van der Waals surface area (Å²) in [4.78, 5) is 0. The highest BCUT2D eigenvalue weighted by atomic mass is 14.8. The molecule has 0 atom stereocenters. The molecule has 0 aliphatic heterocycles. The van der Waals surface area contributed by atoms with E-state index < -0.39 is 16.2 Å². The molecule has 1 aliphatic carbocycles. The Hall–Kier alpha value is -2.04. The monoisotopic (exact) mass is 226 g/mol. The minimum atomic E-state index is -1.45. The number of rotatable bonds is 4. The average Bonchev–Trinajstić information content (AvgIpc) is 2.85. The fourth-order valence-corrected chi connectivity index (χ4v) is 3.23. The molecule has 0 N–H and O–H groups in total. The van der Waals surface area contributed by atoms with Crippen molar-refractivity contribution in [2.45, 2.75) is 39.5 Å². The van der Waals surface area contributed by atoms with Crippen LogP contribution in [0.25, 0.3) is 0 Å². The van der Waals surface area contributed by atoms with E-state index in [1.165, 1.54) is 0 Å². The summed E-state index contributed by atoms with van der Waals surface area (Å²) in [6, 6.07) is 7.80. The maximum atomic E-state index is 9.27. The van der Waals surface area contributed by atoms with Crippen LogP contribution < -0.4 is 0 Å². The van der Waals surface area contributed by atoms with Gasteiger partial charge in [-0.2, -0.15) is 21.0 Å². The fraction of sp³-hybridized carbons (Fsp3) is 0.692. The van der Waals surface area contributed by atoms with Crippen molar-refractivity contribution in [1.82, 2.24) is 0 Å². The lowest BCUT2D eigenvalue weighted by molar-refractivity contribution is 0.349. The third-order valence-electron chi connectivity index (χ3n) is 3.96. The Morgan fingerprint density at radius 1 is 0.706 bits per heavy atom. The molecule has 0 aromatic carbocycles. The lowest BCUT2D eigenvalue weighted by Crippen LogP contribution is -2.12. The van der Waals surface area contributed by atoms with E-state index in [0.717, 1.165) is 12.8 Å². The van der Waals surface area contributed by atoms with Crippen LogP contribution in [0.15, 0.2) is 0 Å². The van der Waals surface area contributed by atoms with Gasteiger partial charge in [0.2, 0.25) is 0 Å². The first-order valence-corrected chi connectivity index (χ1v) is 5.77. The fourth-order valence-electron chi connectivity index (χ4n) is 3.23. The Bertz CT molecular complexity index is 404. The van der Waals surface area contributed by atoms with E-state index in [0.29, 0.717) is 12.8 Å². The molecule has 1 fully saturated rings. The Balaban J connectivity index is 3.43. The van der Waals surface area contributed by atoms with Crippen molar-refractivity contribution < 1.29 is 0 Å². The van der Waals surface area contributed by atoms with Gasteiger partial charge in [-0.3, -0.25) is 0 Å². The van der Waals surface area contributed by atoms with Crippen molar-refractivity contribution >= 4 is 0 Å². The van der Waals surface area contributed by atoms with Crippen LogP contribution in [0.4, 0.5) is 0 Å². The average molecular weight is 226 g/mol. The molecule has 1 aliphatic rings. The van der Waals surface area contributed by atoms with Gasteiger partial charge in [-0.1, -0.05) is 26.7 Å². The van der Waals surface area contributed by atoms with E-state index in [2.05, 4.69) is 0 Å². The molecule has 1 saturated carbocycles. The number of hydrogen-bond donors (Lipinski definition) is 0. The minimum Gasteiger partial charge on any atom is -0.196 e. The second-order valence-corrected chi connectivity index (χ2v) is 4.53. The van der Waals surface area contributed by atoms with Gasteiger partial charge in [0, 0.05) is 5.41 Å². The number of nitriles is 4. The molecule has 86 valence electrons. The van der Waals surface area contributed by atoms with Gasteiger partial charge in [0.1, 0.15) is 0 Å². The van der Waals surface area contributed by atoms with Crippen molar-refractivity contribution in [1.29, 1.82) is 21.0 Å². The van der Waals surface area contributed by atoms with Crippen molar-refractivity contribution in [2.75, 3.05) is 0 Å². The topological polar surface area (TPSA) is 95.2 Å². The summed E-state index contributed by atoms with van der Waals surface area (Å²) in [5.74, 6) is 0. The van der Waals surface area contributed by atoms with E-state index in [9.17, 15) is 21.0 Å². The van der Waals surface area contributed by atoms with Gasteiger partial charge in [0.05, 0.1) is 24.3 Å². The summed E-state index contributed by atoms with van der Waals surface area (Å²) in [6.07, 6.45) is 2.67. The lowest BCUT2D eigenvalue weighted by atomic mass is 9.84. The lowest BCUT2D eigenvalue weighted by Gasteiger charge is -2.15. The summed E-state index contributed by atoms with van der Waals surface area (Å²) in [5, 5.41) is 37.1. The molecule has 0 amide bonds. The highest BCUT2D eigenvalue weighted by molar-refractivity contribution is 5.55. The molecule has 0 saturated heterocycles. The molecule has 17 heavy (non-hydrogen) atoms. The van der Waals surface area contributed by atoms with Crippen LogP contribution in [0, 0.1) is 61.6 Å². The van der Waals surface area contributed by atoms with Gasteiger partial charge >= 0.3 is 0 Å². The van der Waals surface area contributed by atoms with Crippen LogP contribution in [0.3, 0.4) is 0 Å². The molecule has 4 heteroatoms. The molecule has 0 spiro atoms. The molecule has 0 aromatic rings. The van der Waals surface area contributed by atoms with Gasteiger partial charge in [-0.25, -0.2) is 0 Å². The normalized spacial score (nSPS) is 21.3. The summed E-state index contributed by atoms with van der Waals surface area (Å²) in [6.45, 7) is 3.88. The van der Waals surface area contributed by atoms with E-state index >= 15 is 0 Å². The first-order chi connectivity index (χ1) is 8.11. The van der Waals surface area contributed by atoms with E-state index in [4.69, 9.17) is 0 Å². The summed E-state index contributed by atoms with van der Waals surface area (Å²) < 4.78 is 0. The first kappa shape index (κ1) is 13.0. The molecule has 1 rings (SSSR count). The molecular formula is C13H14N4. The Morgan fingerprint density at radius 2 is 1.00 bits per heavy atom. The summed E-state index contributed by atoms with van der Waals surface area (Å²) in [5.41, 5.74) is -3.67. The van der Waals surface area contributed by atoms with Gasteiger partial charge in [0.15, 0.2) is 10.8 Å². The van der Waals surface area contributed by atoms with Crippen molar-refractivity contribution in [3.05, 3.63) is 0 Å². The van der Waals surface area contributed by atoms with E-state index in [-0.39, 0.29) is 0 Å². The quantitative estimate of drug-likeness (QED) is 0.736. The van der Waals surface area contributed by atoms with Crippen molar-refractivity contribution in [2.24, 2.45) is 16.2 Å². The van der Waals surface area contributed by atoms with Crippen LogP contribution in [-0.2, 0) is 0 Å². The number of hydrogen-bond acceptors (Lipinski definition) is 4. The van der Waals surface area contributed by atoms with Crippen molar-refractivity contribution in [3.8, 4) is 24.3 Å². The highest BCUT2D eigenvalue weighted by Gasteiger charge is 2.90. The van der Waals surface area contributed by atoms with E-state index in [1.807, 2.05) is 38.1 Å². The van der Waals surface area contributed by atoms with Gasteiger partial charge in [0.25, 0.3) is 0 Å². The molecule has 0 radical (unpaired) electrons. The van der Waals surface area contributed by atoms with E-state index in [1.54, 1.807) is 0 Å². The zero-order valence-corrected chi connectivity index (χ0v) is 10.1. The van der Waals surface area contributed by atoms with Gasteiger partial charge < -0.3 is 0 Å². The summed E-state index contributed by atoms with van der Waals surface area (Å²) in [7, 11) is 0. The van der Waals surface area contributed by atoms with Crippen LogP contribution in [0.1, 0.15) is 39.5 Å². The second-order valence-electron chi connectivity index (χ2n) is 4.53. The predicted octanol–water partition coefficient (Wildman–Crippen LogP) is 2.65. The molecule has 0 aromatic heterocycles. The Morgan fingerprint density at radius 3 is 1.18 bits per heavy atom. The van der Waals surface area contributed by atoms with Crippen LogP contribution in [0.5, 0.6) is 0 Å². The van der Waals surface area contributed by atoms with Gasteiger partial charge in [-0.05, 0) is 12.8 Å². The molecule has 4 nitrogen and oxygen atoms in total. The Kier molecular flexibility index (Phi) is 3.13. The maximum absolute atomic E-state index is 9.27. The molecular weight excluding hydrogens is 212 g/mol. The van der Waals surface area contributed by atoms with Crippen LogP contribution in [0.2, 0.25) is 0 Å². The standard InChI is InChI=1S/C13H14N4/c1-3-5-11(6-4-2)12(7-14,8-15)13(11,9-16)10-17/h3-6H2,1-2H3. The molecule has 0 unspecified atom stereocenters. The molecule has 0 bridgehead atoms. The highest BCUT2D eigenvalue weighted by Crippen LogP contribution is 2.81. The van der Waals surface area contributed by atoms with Crippen LogP contribution in [-0.4, -0.2) is 0 Å². The van der Waals surface area contributed by atoms with Gasteiger partial charge in [-0.15, -0.1) is 0 Å². The third kappa shape index (κ3) is 1.08. The van der Waals surface area contributed by atoms with Crippen LogP contribution >= 0.6 is 0 Å². The SMILES string of the molecule is CCCC1(CCC)C(C#N)(C#N)C1(C#N)C#N. The third-order valence-corrected chi connectivity index (χ3v) is 3.96. The maximum Gasteiger partial charge on any atom is 0.184 e. The van der Waals surface area contributed by atoms with Crippen molar-refractivity contribution in [3.63, 3.8) is 0 Å². The zero-order chi connectivity index (χ0) is 13.2. The first-order valence-electron chi connectivity index (χ1n) is 5.77. The number of nitrogens with zero attached hydrogens (tertiary/aromatic N) is 4.